The summed E-state index contributed by atoms with van der Waals surface area (Å²) in [4.78, 5) is 40.8. The maximum atomic E-state index is 13.6. The molecule has 4 N–H and O–H groups in total. The summed E-state index contributed by atoms with van der Waals surface area (Å²) in [6.07, 6.45) is 0.498. The third kappa shape index (κ3) is 8.88. The predicted molar refractivity (Wildman–Crippen MR) is 136 cm³/mol. The number of carbonyl (C=O) groups is 3. The van der Waals surface area contributed by atoms with Gasteiger partial charge in [0, 0.05) is 13.1 Å². The Kier molecular flexibility index (Phi) is 10.7. The summed E-state index contributed by atoms with van der Waals surface area (Å²) < 4.78 is 5.24. The van der Waals surface area contributed by atoms with E-state index in [9.17, 15) is 24.6 Å². The number of nitrogens with zero attached hydrogens (tertiary/aromatic N) is 1. The molecule has 9 heteroatoms. The van der Waals surface area contributed by atoms with Gasteiger partial charge in [0.1, 0.15) is 23.4 Å². The minimum absolute atomic E-state index is 0.0217. The van der Waals surface area contributed by atoms with Crippen LogP contribution in [0.4, 0.5) is 4.79 Å². The van der Waals surface area contributed by atoms with E-state index in [1.165, 1.54) is 17.0 Å². The Hall–Kier alpha value is -3.59. The number of hydrogen-bond acceptors (Lipinski definition) is 6. The average Bonchev–Trinajstić information content (AvgIpc) is 2.83. The molecule has 0 heterocycles. The maximum Gasteiger partial charge on any atom is 0.408 e. The molecule has 0 saturated carbocycles. The number of hydrogen-bond donors (Lipinski definition) is 4. The number of carbonyl (C=O) groups excluding carboxylic acids is 3. The molecule has 2 aromatic rings. The number of unbranched alkanes of at least 4 members (excludes halogenated alkanes) is 1. The molecule has 0 saturated heterocycles. The van der Waals surface area contributed by atoms with Crippen LogP contribution >= 0.6 is 0 Å². The molecule has 0 aliphatic rings. The molecule has 9 nitrogen and oxygen atoms in total. The van der Waals surface area contributed by atoms with Gasteiger partial charge >= 0.3 is 6.09 Å². The van der Waals surface area contributed by atoms with Crippen molar-refractivity contribution in [2.24, 2.45) is 0 Å². The monoisotopic (exact) mass is 499 g/mol. The topological polar surface area (TPSA) is 128 Å². The molecule has 2 unspecified atom stereocenters. The van der Waals surface area contributed by atoms with Crippen molar-refractivity contribution < 1.29 is 29.3 Å². The Balaban J connectivity index is 2.37. The molecule has 0 fully saturated rings. The van der Waals surface area contributed by atoms with Crippen LogP contribution in [-0.2, 0) is 20.9 Å². The van der Waals surface area contributed by atoms with E-state index in [4.69, 9.17) is 4.74 Å². The van der Waals surface area contributed by atoms with Crippen LogP contribution in [0.3, 0.4) is 0 Å². The highest BCUT2D eigenvalue weighted by Crippen LogP contribution is 2.25. The zero-order valence-corrected chi connectivity index (χ0v) is 21.4. The number of phenolic OH excluding ortho intramolecular Hbond substituents is 1. The fraction of sp³-hybridized carbons (Fsp3) is 0.444. The van der Waals surface area contributed by atoms with Gasteiger partial charge in [0.05, 0.1) is 6.61 Å². The van der Waals surface area contributed by atoms with Crippen LogP contribution in [0.1, 0.15) is 57.7 Å². The van der Waals surface area contributed by atoms with Crippen LogP contribution < -0.4 is 10.6 Å². The van der Waals surface area contributed by atoms with Crippen molar-refractivity contribution >= 4 is 17.9 Å². The van der Waals surface area contributed by atoms with E-state index in [0.717, 1.165) is 12.0 Å². The van der Waals surface area contributed by atoms with E-state index in [2.05, 4.69) is 10.6 Å². The molecule has 0 aliphatic carbocycles. The predicted octanol–water partition coefficient (Wildman–Crippen LogP) is 3.26. The zero-order valence-electron chi connectivity index (χ0n) is 21.4. The van der Waals surface area contributed by atoms with E-state index in [-0.39, 0.29) is 18.8 Å². The van der Waals surface area contributed by atoms with Crippen LogP contribution in [-0.4, -0.2) is 57.8 Å². The minimum Gasteiger partial charge on any atom is -0.508 e. The Morgan fingerprint density at radius 1 is 1.03 bits per heavy atom. The molecule has 196 valence electrons. The molecule has 0 bridgehead atoms. The second-order valence-corrected chi connectivity index (χ2v) is 9.46. The lowest BCUT2D eigenvalue weighted by molar-refractivity contribution is -0.143. The molecule has 2 atom stereocenters. The first kappa shape index (κ1) is 28.6. The lowest BCUT2D eigenvalue weighted by atomic mass is 10.0. The van der Waals surface area contributed by atoms with Gasteiger partial charge in [-0.15, -0.1) is 0 Å². The third-order valence-electron chi connectivity index (χ3n) is 5.29. The number of ether oxygens (including phenoxy) is 1. The number of aliphatic hydroxyl groups excluding tert-OH is 1. The lowest BCUT2D eigenvalue weighted by Gasteiger charge is -2.34. The zero-order chi connectivity index (χ0) is 26.7. The van der Waals surface area contributed by atoms with Crippen molar-refractivity contribution in [2.45, 2.75) is 64.8 Å². The first-order chi connectivity index (χ1) is 17.1. The van der Waals surface area contributed by atoms with E-state index in [1.807, 2.05) is 37.3 Å². The average molecular weight is 500 g/mol. The van der Waals surface area contributed by atoms with Gasteiger partial charge in [-0.3, -0.25) is 9.59 Å². The van der Waals surface area contributed by atoms with Crippen LogP contribution in [0, 0.1) is 0 Å². The van der Waals surface area contributed by atoms with E-state index < -0.39 is 42.2 Å². The summed E-state index contributed by atoms with van der Waals surface area (Å²) in [5, 5.41) is 25.0. The van der Waals surface area contributed by atoms with Crippen molar-refractivity contribution in [1.82, 2.24) is 15.5 Å². The van der Waals surface area contributed by atoms with Crippen LogP contribution in [0.15, 0.2) is 54.6 Å². The highest BCUT2D eigenvalue weighted by Gasteiger charge is 2.35. The molecular weight excluding hydrogens is 462 g/mol. The Morgan fingerprint density at radius 3 is 2.22 bits per heavy atom. The van der Waals surface area contributed by atoms with Crippen LogP contribution in [0.2, 0.25) is 0 Å². The molecule has 2 aromatic carbocycles. The van der Waals surface area contributed by atoms with Gasteiger partial charge in [-0.25, -0.2) is 4.79 Å². The second kappa shape index (κ2) is 13.5. The van der Waals surface area contributed by atoms with Crippen molar-refractivity contribution in [3.05, 3.63) is 65.7 Å². The first-order valence-electron chi connectivity index (χ1n) is 12.1. The van der Waals surface area contributed by atoms with E-state index in [0.29, 0.717) is 12.0 Å². The van der Waals surface area contributed by atoms with Crippen molar-refractivity contribution in [3.63, 3.8) is 0 Å². The SMILES string of the molecule is CCCCN(C(=O)C(CO)NC(=O)OC(C)(C)C)C(C(=O)NCc1ccccc1)c1ccc(O)cc1. The highest BCUT2D eigenvalue weighted by atomic mass is 16.6. The highest BCUT2D eigenvalue weighted by molar-refractivity contribution is 5.92. The van der Waals surface area contributed by atoms with Crippen molar-refractivity contribution in [3.8, 4) is 5.75 Å². The van der Waals surface area contributed by atoms with Crippen LogP contribution in [0.25, 0.3) is 0 Å². The number of amides is 3. The molecule has 0 aliphatic heterocycles. The number of nitrogens with one attached hydrogen (secondary N) is 2. The summed E-state index contributed by atoms with van der Waals surface area (Å²) in [7, 11) is 0. The molecule has 2 rings (SSSR count). The normalized spacial score (nSPS) is 12.8. The maximum absolute atomic E-state index is 13.6. The number of alkyl carbamates (subject to hydrolysis) is 1. The van der Waals surface area contributed by atoms with Gasteiger partial charge in [-0.1, -0.05) is 55.8 Å². The van der Waals surface area contributed by atoms with Gasteiger partial charge in [0.2, 0.25) is 11.8 Å². The Bertz CT molecular complexity index is 989. The summed E-state index contributed by atoms with van der Waals surface area (Å²) in [6.45, 7) is 6.82. The van der Waals surface area contributed by atoms with Gasteiger partial charge in [0.25, 0.3) is 0 Å². The minimum atomic E-state index is -1.31. The molecule has 0 spiro atoms. The number of aliphatic hydroxyl groups is 1. The number of rotatable bonds is 11. The van der Waals surface area contributed by atoms with Gasteiger partial charge in [0.15, 0.2) is 0 Å². The first-order valence-corrected chi connectivity index (χ1v) is 12.1. The van der Waals surface area contributed by atoms with Crippen molar-refractivity contribution in [1.29, 1.82) is 0 Å². The smallest absolute Gasteiger partial charge is 0.408 e. The van der Waals surface area contributed by atoms with Crippen molar-refractivity contribution in [2.75, 3.05) is 13.2 Å². The largest absolute Gasteiger partial charge is 0.508 e. The fourth-order valence-electron chi connectivity index (χ4n) is 3.54. The van der Waals surface area contributed by atoms with E-state index in [1.54, 1.807) is 32.9 Å². The summed E-state index contributed by atoms with van der Waals surface area (Å²) in [5.41, 5.74) is 0.583. The van der Waals surface area contributed by atoms with Gasteiger partial charge in [-0.2, -0.15) is 0 Å². The quantitative estimate of drug-likeness (QED) is 0.376. The Labute approximate surface area is 212 Å². The number of benzene rings is 2. The molecule has 3 amide bonds. The van der Waals surface area contributed by atoms with Crippen LogP contribution in [0.5, 0.6) is 5.75 Å². The Morgan fingerprint density at radius 2 is 1.67 bits per heavy atom. The summed E-state index contributed by atoms with van der Waals surface area (Å²) in [6, 6.07) is 13.0. The lowest BCUT2D eigenvalue weighted by Crippen LogP contribution is -2.54. The van der Waals surface area contributed by atoms with E-state index >= 15 is 0 Å². The summed E-state index contributed by atoms with van der Waals surface area (Å²) in [5.74, 6) is -1.03. The molecular formula is C27H37N3O6. The third-order valence-corrected chi connectivity index (χ3v) is 5.29. The fourth-order valence-corrected chi connectivity index (χ4v) is 3.54. The summed E-state index contributed by atoms with van der Waals surface area (Å²) >= 11 is 0. The molecule has 36 heavy (non-hydrogen) atoms. The second-order valence-electron chi connectivity index (χ2n) is 9.46. The number of phenols is 1. The van der Waals surface area contributed by atoms with Gasteiger partial charge in [-0.05, 0) is 50.5 Å². The molecule has 0 radical (unpaired) electrons. The standard InChI is InChI=1S/C27H37N3O6/c1-5-6-16-30(25(34)22(18-31)29-26(35)36-27(2,3)4)23(20-12-14-21(32)15-13-20)24(33)28-17-19-10-8-7-9-11-19/h7-15,22-23,31-32H,5-6,16-18H2,1-4H3,(H,28,33)(H,29,35). The van der Waals surface area contributed by atoms with Gasteiger partial charge < -0.3 is 30.5 Å². The molecule has 0 aromatic heterocycles. The number of aromatic hydroxyl groups is 1.